The zero-order valence-electron chi connectivity index (χ0n) is 20.3. The summed E-state index contributed by atoms with van der Waals surface area (Å²) in [4.78, 5) is 31.8. The third-order valence-electron chi connectivity index (χ3n) is 5.65. The van der Waals surface area contributed by atoms with Crippen molar-refractivity contribution in [3.63, 3.8) is 0 Å². The van der Waals surface area contributed by atoms with Gasteiger partial charge < -0.3 is 10.8 Å². The minimum Gasteiger partial charge on any atom is -0.478 e. The minimum absolute atomic E-state index is 0.00322. The molecule has 11 heteroatoms. The number of nitrogens with zero attached hydrogens (tertiary/aromatic N) is 1. The normalized spacial score (nSPS) is 15.3. The second-order valence-corrected chi connectivity index (χ2v) is 11.3. The average molecular weight is 518 g/mol. The number of hydrogen-bond acceptors (Lipinski definition) is 8. The van der Waals surface area contributed by atoms with Gasteiger partial charge in [0.25, 0.3) is 0 Å². The van der Waals surface area contributed by atoms with Crippen LogP contribution in [-0.4, -0.2) is 73.1 Å². The van der Waals surface area contributed by atoms with Gasteiger partial charge in [0.05, 0.1) is 12.4 Å². The van der Waals surface area contributed by atoms with Gasteiger partial charge in [-0.1, -0.05) is 50.6 Å². The van der Waals surface area contributed by atoms with Crippen molar-refractivity contribution in [2.24, 2.45) is 11.7 Å². The molecule has 0 aliphatic heterocycles. The molecule has 1 aromatic carbocycles. The Hall–Kier alpha value is -1.66. The molecule has 0 saturated carbocycles. The van der Waals surface area contributed by atoms with Crippen LogP contribution in [0.4, 0.5) is 0 Å². The Labute approximate surface area is 208 Å². The fourth-order valence-corrected chi connectivity index (χ4v) is 3.97. The first-order chi connectivity index (χ1) is 15.9. The Morgan fingerprint density at radius 1 is 1.29 bits per heavy atom. The van der Waals surface area contributed by atoms with Crippen LogP contribution < -0.4 is 11.1 Å². The van der Waals surface area contributed by atoms with Gasteiger partial charge in [0.2, 0.25) is 11.6 Å². The zero-order chi connectivity index (χ0) is 25.8. The largest absolute Gasteiger partial charge is 0.478 e. The number of aliphatic carboxylic acids is 1. The first-order valence-corrected chi connectivity index (χ1v) is 14.2. The van der Waals surface area contributed by atoms with Crippen LogP contribution in [0.2, 0.25) is 0 Å². The highest BCUT2D eigenvalue weighted by Gasteiger charge is 2.48. The molecule has 0 spiro atoms. The van der Waals surface area contributed by atoms with Gasteiger partial charge in [0.15, 0.2) is 0 Å². The number of aryl methyl sites for hydroxylation is 1. The maximum atomic E-state index is 13.4. The number of rotatable bonds is 17. The van der Waals surface area contributed by atoms with Gasteiger partial charge in [-0.15, -0.1) is 0 Å². The number of carboxylic acids is 1. The van der Waals surface area contributed by atoms with Crippen molar-refractivity contribution in [2.45, 2.75) is 57.7 Å². The summed E-state index contributed by atoms with van der Waals surface area (Å²) in [7, 11) is -3.53. The predicted octanol–water partition coefficient (Wildman–Crippen LogP) is 1.88. The number of hydroxylamine groups is 2. The van der Waals surface area contributed by atoms with Crippen LogP contribution in [0, 0.1) is 5.92 Å². The Bertz CT molecular complexity index is 869. The molecule has 0 saturated heterocycles. The third kappa shape index (κ3) is 10.3. The van der Waals surface area contributed by atoms with Crippen LogP contribution in [0.3, 0.4) is 0 Å². The number of sulfone groups is 1. The fourth-order valence-electron chi connectivity index (χ4n) is 3.17. The van der Waals surface area contributed by atoms with Gasteiger partial charge in [-0.25, -0.2) is 13.2 Å². The Balaban J connectivity index is 3.30. The maximum Gasteiger partial charge on any atom is 0.347 e. The van der Waals surface area contributed by atoms with E-state index in [4.69, 9.17) is 10.6 Å². The molecule has 34 heavy (non-hydrogen) atoms. The smallest absolute Gasteiger partial charge is 0.347 e. The fraction of sp³-hybridized carbons (Fsp3) is 0.652. The molecule has 0 aliphatic carbocycles. The van der Waals surface area contributed by atoms with E-state index in [1.807, 2.05) is 44.2 Å². The van der Waals surface area contributed by atoms with E-state index in [-0.39, 0.29) is 25.3 Å². The van der Waals surface area contributed by atoms with E-state index < -0.39 is 45.6 Å². The van der Waals surface area contributed by atoms with Gasteiger partial charge >= 0.3 is 5.97 Å². The van der Waals surface area contributed by atoms with Crippen LogP contribution in [0.15, 0.2) is 30.3 Å². The number of nitrogens with one attached hydrogen (secondary N) is 1. The molecule has 1 unspecified atom stereocenters. The van der Waals surface area contributed by atoms with Gasteiger partial charge in [0.1, 0.15) is 9.84 Å². The molecule has 4 N–H and O–H groups in total. The van der Waals surface area contributed by atoms with E-state index in [0.29, 0.717) is 18.8 Å². The van der Waals surface area contributed by atoms with Crippen LogP contribution in [0.25, 0.3) is 0 Å². The molecule has 0 aliphatic rings. The molecule has 1 rings (SSSR count). The minimum atomic E-state index is -3.53. The predicted molar refractivity (Wildman–Crippen MR) is 136 cm³/mol. The van der Waals surface area contributed by atoms with Crippen molar-refractivity contribution in [3.05, 3.63) is 35.9 Å². The molecule has 1 aromatic rings. The monoisotopic (exact) mass is 517 g/mol. The van der Waals surface area contributed by atoms with E-state index in [1.165, 1.54) is 0 Å². The van der Waals surface area contributed by atoms with Gasteiger partial charge in [-0.3, -0.25) is 14.9 Å². The molecule has 3 atom stereocenters. The van der Waals surface area contributed by atoms with E-state index in [1.54, 1.807) is 0 Å². The van der Waals surface area contributed by atoms with Crippen LogP contribution in [0.5, 0.6) is 0 Å². The lowest BCUT2D eigenvalue weighted by Gasteiger charge is -2.40. The maximum absolute atomic E-state index is 13.4. The van der Waals surface area contributed by atoms with Crippen LogP contribution >= 0.6 is 12.6 Å². The molecular formula is C23H39N3O6S2. The van der Waals surface area contributed by atoms with E-state index in [0.717, 1.165) is 23.3 Å². The number of carboxylic acid groups (broad SMARTS) is 1. The van der Waals surface area contributed by atoms with Crippen molar-refractivity contribution in [2.75, 3.05) is 30.9 Å². The number of benzene rings is 1. The van der Waals surface area contributed by atoms with Gasteiger partial charge in [0, 0.05) is 37.4 Å². The summed E-state index contributed by atoms with van der Waals surface area (Å²) in [5, 5.41) is 13.9. The molecule has 0 heterocycles. The average Bonchev–Trinajstić information content (AvgIpc) is 2.80. The number of thiol groups is 1. The number of hydrogen-bond donors (Lipinski definition) is 4. The molecule has 0 radical (unpaired) electrons. The van der Waals surface area contributed by atoms with Crippen molar-refractivity contribution in [3.8, 4) is 0 Å². The second kappa shape index (κ2) is 14.7. The lowest BCUT2D eigenvalue weighted by atomic mass is 10.0. The highest BCUT2D eigenvalue weighted by atomic mass is 32.2. The van der Waals surface area contributed by atoms with E-state index >= 15 is 0 Å². The molecule has 194 valence electrons. The molecule has 0 bridgehead atoms. The molecule has 9 nitrogen and oxygen atoms in total. The van der Waals surface area contributed by atoms with Crippen molar-refractivity contribution < 1.29 is 28.0 Å². The first-order valence-electron chi connectivity index (χ1n) is 11.5. The summed E-state index contributed by atoms with van der Waals surface area (Å²) in [5.41, 5.74) is 4.75. The standard InChI is InChI=1S/C23H39N3O6S2/c1-4-18(2)12-14-32-26(21(27)11-10-19-8-6-5-7-9-19)23(22(28)29,13-15-34(3,30)31)25-16-20(24)17-33/h5-9,18,20,25,33H,4,10-17,24H2,1-3H3,(H,28,29)/t18-,20?,23+/m0/s1. The lowest BCUT2D eigenvalue weighted by Crippen LogP contribution is -2.67. The molecule has 0 fully saturated rings. The van der Waals surface area contributed by atoms with Crippen molar-refractivity contribution >= 4 is 34.3 Å². The van der Waals surface area contributed by atoms with Crippen molar-refractivity contribution in [1.82, 2.24) is 10.4 Å². The topological polar surface area (TPSA) is 139 Å². The summed E-state index contributed by atoms with van der Waals surface area (Å²) in [5.74, 6) is -1.86. The molecular weight excluding hydrogens is 478 g/mol. The van der Waals surface area contributed by atoms with Crippen LogP contribution in [-0.2, 0) is 30.7 Å². The van der Waals surface area contributed by atoms with Crippen LogP contribution in [0.1, 0.15) is 45.1 Å². The Morgan fingerprint density at radius 3 is 2.47 bits per heavy atom. The third-order valence-corrected chi connectivity index (χ3v) is 7.07. The molecule has 0 aromatic heterocycles. The molecule has 1 amide bonds. The highest BCUT2D eigenvalue weighted by Crippen LogP contribution is 2.23. The highest BCUT2D eigenvalue weighted by molar-refractivity contribution is 7.90. The first kappa shape index (κ1) is 30.4. The number of amides is 1. The van der Waals surface area contributed by atoms with Crippen molar-refractivity contribution in [1.29, 1.82) is 0 Å². The quantitative estimate of drug-likeness (QED) is 0.140. The SMILES string of the molecule is CC[C@H](C)CCON(C(=O)CCc1ccccc1)[C@@](CCS(C)(=O)=O)(NCC(N)CS)C(=O)O. The lowest BCUT2D eigenvalue weighted by molar-refractivity contribution is -0.236. The summed E-state index contributed by atoms with van der Waals surface area (Å²) < 4.78 is 23.9. The van der Waals surface area contributed by atoms with E-state index in [2.05, 4.69) is 17.9 Å². The summed E-state index contributed by atoms with van der Waals surface area (Å²) >= 11 is 4.13. The number of carbonyl (C=O) groups is 2. The summed E-state index contributed by atoms with van der Waals surface area (Å²) in [6, 6.07) is 8.81. The Kier molecular flexibility index (Phi) is 13.1. The number of carbonyl (C=O) groups excluding carboxylic acids is 1. The van der Waals surface area contributed by atoms with Gasteiger partial charge in [-0.2, -0.15) is 17.7 Å². The summed E-state index contributed by atoms with van der Waals surface area (Å²) in [6.45, 7) is 4.17. The zero-order valence-corrected chi connectivity index (χ0v) is 22.0. The van der Waals surface area contributed by atoms with Gasteiger partial charge in [-0.05, 0) is 24.3 Å². The second-order valence-electron chi connectivity index (χ2n) is 8.68. The Morgan fingerprint density at radius 2 is 1.94 bits per heavy atom. The summed E-state index contributed by atoms with van der Waals surface area (Å²) in [6.07, 6.45) is 2.49. The number of nitrogens with two attached hydrogens (primary N) is 1. The van der Waals surface area contributed by atoms with E-state index in [9.17, 15) is 23.1 Å².